The normalized spacial score (nSPS) is 11.1. The number of rotatable bonds is 8. The topological polar surface area (TPSA) is 140 Å². The Balaban J connectivity index is 1.72. The van der Waals surface area contributed by atoms with Gasteiger partial charge < -0.3 is 20.3 Å². The van der Waals surface area contributed by atoms with E-state index in [1.807, 2.05) is 0 Å². The number of aryl methyl sites for hydroxylation is 1. The van der Waals surface area contributed by atoms with Crippen molar-refractivity contribution in [1.29, 1.82) is 0 Å². The second kappa shape index (κ2) is 9.79. The molecule has 2 aromatic carbocycles. The van der Waals surface area contributed by atoms with Gasteiger partial charge in [-0.05, 0) is 43.3 Å². The maximum Gasteiger partial charge on any atom is 0.259 e. The molecule has 0 radical (unpaired) electrons. The lowest BCUT2D eigenvalue weighted by Gasteiger charge is -2.14. The highest BCUT2D eigenvalue weighted by Crippen LogP contribution is 2.25. The van der Waals surface area contributed by atoms with Crippen LogP contribution in [0.25, 0.3) is 0 Å². The van der Waals surface area contributed by atoms with Crippen LogP contribution in [0.2, 0.25) is 0 Å². The number of ether oxygens (including phenoxy) is 1. The van der Waals surface area contributed by atoms with Crippen LogP contribution >= 0.6 is 0 Å². The Morgan fingerprint density at radius 2 is 1.79 bits per heavy atom. The molecular weight excluding hydrogens is 451 g/mol. The molecule has 1 heterocycles. The number of primary sulfonamides is 1. The van der Waals surface area contributed by atoms with Gasteiger partial charge in [-0.15, -0.1) is 0 Å². The van der Waals surface area contributed by atoms with Gasteiger partial charge in [0.25, 0.3) is 5.91 Å². The third-order valence-corrected chi connectivity index (χ3v) is 5.38. The van der Waals surface area contributed by atoms with Crippen LogP contribution in [0.1, 0.15) is 5.56 Å². The smallest absolute Gasteiger partial charge is 0.259 e. The van der Waals surface area contributed by atoms with Gasteiger partial charge in [-0.25, -0.2) is 22.9 Å². The minimum atomic E-state index is -3.79. The number of carbonyl (C=O) groups is 1. The van der Waals surface area contributed by atoms with Crippen molar-refractivity contribution in [2.45, 2.75) is 11.8 Å². The summed E-state index contributed by atoms with van der Waals surface area (Å²) in [4.78, 5) is 21.5. The number of hydrogen-bond donors (Lipinski definition) is 3. The number of anilines is 4. The zero-order chi connectivity index (χ0) is 24.2. The van der Waals surface area contributed by atoms with E-state index >= 15 is 0 Å². The van der Waals surface area contributed by atoms with Crippen LogP contribution in [0.5, 0.6) is 5.75 Å². The Bertz CT molecular complexity index is 1270. The summed E-state index contributed by atoms with van der Waals surface area (Å²) in [5.74, 6) is -0.280. The Labute approximate surface area is 190 Å². The van der Waals surface area contributed by atoms with Gasteiger partial charge in [-0.1, -0.05) is 0 Å². The van der Waals surface area contributed by atoms with Gasteiger partial charge in [0, 0.05) is 43.3 Å². The molecule has 174 valence electrons. The van der Waals surface area contributed by atoms with E-state index in [2.05, 4.69) is 20.6 Å². The monoisotopic (exact) mass is 474 g/mol. The number of aromatic nitrogens is 2. The average molecular weight is 475 g/mol. The van der Waals surface area contributed by atoms with Crippen LogP contribution in [0.3, 0.4) is 0 Å². The van der Waals surface area contributed by atoms with E-state index in [4.69, 9.17) is 9.88 Å². The van der Waals surface area contributed by atoms with Gasteiger partial charge in [0.05, 0.1) is 4.90 Å². The summed E-state index contributed by atoms with van der Waals surface area (Å²) in [6.45, 7) is 1.52. The maximum atomic E-state index is 14.4. The van der Waals surface area contributed by atoms with E-state index in [1.54, 1.807) is 33.3 Å². The molecular formula is C21H23FN6O4S. The second-order valence-electron chi connectivity index (χ2n) is 7.27. The van der Waals surface area contributed by atoms with Gasteiger partial charge in [0.15, 0.2) is 18.2 Å². The van der Waals surface area contributed by atoms with Crippen LogP contribution in [-0.2, 0) is 14.8 Å². The molecule has 0 fully saturated rings. The fraction of sp³-hybridized carbons (Fsp3) is 0.190. The SMILES string of the molecule is Cc1cnc(Nc2ccc(S(N)(=O)=O)cc2)nc1Nc1ccc(OCC(=O)N(C)C)c(F)c1. The fourth-order valence-electron chi connectivity index (χ4n) is 2.59. The minimum absolute atomic E-state index is 0.0132. The molecule has 0 bridgehead atoms. The number of halogens is 1. The number of amides is 1. The Morgan fingerprint density at radius 3 is 2.39 bits per heavy atom. The first-order valence-electron chi connectivity index (χ1n) is 9.66. The van der Waals surface area contributed by atoms with E-state index in [9.17, 15) is 17.6 Å². The zero-order valence-electron chi connectivity index (χ0n) is 18.2. The summed E-state index contributed by atoms with van der Waals surface area (Å²) in [5.41, 5.74) is 1.68. The molecule has 0 unspecified atom stereocenters. The van der Waals surface area contributed by atoms with Gasteiger partial charge in [-0.3, -0.25) is 4.79 Å². The van der Waals surface area contributed by atoms with E-state index in [-0.39, 0.29) is 29.1 Å². The molecule has 0 saturated carbocycles. The van der Waals surface area contributed by atoms with E-state index in [0.29, 0.717) is 22.8 Å². The lowest BCUT2D eigenvalue weighted by molar-refractivity contribution is -0.130. The number of likely N-dealkylation sites (N-methyl/N-ethyl adjacent to an activating group) is 1. The third kappa shape index (κ3) is 6.37. The number of nitrogens with zero attached hydrogens (tertiary/aromatic N) is 3. The fourth-order valence-corrected chi connectivity index (χ4v) is 3.10. The number of hydrogen-bond acceptors (Lipinski definition) is 8. The highest BCUT2D eigenvalue weighted by Gasteiger charge is 2.12. The van der Waals surface area contributed by atoms with E-state index < -0.39 is 15.8 Å². The third-order valence-electron chi connectivity index (χ3n) is 4.46. The number of carbonyl (C=O) groups excluding carboxylic acids is 1. The summed E-state index contributed by atoms with van der Waals surface area (Å²) in [7, 11) is -0.615. The van der Waals surface area contributed by atoms with Gasteiger partial charge in [0.2, 0.25) is 16.0 Å². The molecule has 1 aromatic heterocycles. The molecule has 3 aromatic rings. The zero-order valence-corrected chi connectivity index (χ0v) is 19.0. The maximum absolute atomic E-state index is 14.4. The van der Waals surface area contributed by atoms with Crippen molar-refractivity contribution in [1.82, 2.24) is 14.9 Å². The Kier molecular flexibility index (Phi) is 7.09. The molecule has 0 aliphatic heterocycles. The van der Waals surface area contributed by atoms with Crippen LogP contribution in [0.4, 0.5) is 27.5 Å². The molecule has 10 nitrogen and oxygen atoms in total. The van der Waals surface area contributed by atoms with Gasteiger partial charge >= 0.3 is 0 Å². The lowest BCUT2D eigenvalue weighted by atomic mass is 10.2. The van der Waals surface area contributed by atoms with Crippen LogP contribution in [0.15, 0.2) is 53.6 Å². The summed E-state index contributed by atoms with van der Waals surface area (Å²) in [6, 6.07) is 10.0. The Hall–Kier alpha value is -3.77. The summed E-state index contributed by atoms with van der Waals surface area (Å²) in [5, 5.41) is 11.1. The van der Waals surface area contributed by atoms with Crippen molar-refractivity contribution in [2.75, 3.05) is 31.3 Å². The summed E-state index contributed by atoms with van der Waals surface area (Å²) in [6.07, 6.45) is 1.58. The number of benzene rings is 2. The van der Waals surface area contributed by atoms with Crippen molar-refractivity contribution < 1.29 is 22.3 Å². The molecule has 12 heteroatoms. The number of nitrogens with two attached hydrogens (primary N) is 1. The quantitative estimate of drug-likeness (QED) is 0.453. The van der Waals surface area contributed by atoms with Crippen molar-refractivity contribution in [2.24, 2.45) is 5.14 Å². The van der Waals surface area contributed by atoms with Crippen molar-refractivity contribution in [3.8, 4) is 5.75 Å². The molecule has 3 rings (SSSR count). The lowest BCUT2D eigenvalue weighted by Crippen LogP contribution is -2.27. The number of nitrogens with one attached hydrogen (secondary N) is 2. The first kappa shape index (κ1) is 23.9. The molecule has 0 aliphatic carbocycles. The minimum Gasteiger partial charge on any atom is -0.481 e. The summed E-state index contributed by atoms with van der Waals surface area (Å²) >= 11 is 0. The first-order chi connectivity index (χ1) is 15.5. The van der Waals surface area contributed by atoms with Gasteiger partial charge in [0.1, 0.15) is 5.82 Å². The standard InChI is InChI=1S/C21H23FN6O4S/c1-13-11-24-21(26-14-4-7-16(8-5-14)33(23,30)31)27-20(13)25-15-6-9-18(17(22)10-15)32-12-19(29)28(2)3/h4-11H,12H2,1-3H3,(H2,23,30,31)(H2,24,25,26,27). The van der Waals surface area contributed by atoms with Crippen LogP contribution in [-0.4, -0.2) is 49.9 Å². The highest BCUT2D eigenvalue weighted by atomic mass is 32.2. The van der Waals surface area contributed by atoms with Crippen molar-refractivity contribution >= 4 is 39.1 Å². The molecule has 33 heavy (non-hydrogen) atoms. The largest absolute Gasteiger partial charge is 0.481 e. The van der Waals surface area contributed by atoms with E-state index in [0.717, 1.165) is 0 Å². The molecule has 4 N–H and O–H groups in total. The first-order valence-corrected chi connectivity index (χ1v) is 11.2. The highest BCUT2D eigenvalue weighted by molar-refractivity contribution is 7.89. The van der Waals surface area contributed by atoms with Crippen LogP contribution in [0, 0.1) is 12.7 Å². The predicted octanol–water partition coefficient (Wildman–Crippen LogP) is 2.53. The van der Waals surface area contributed by atoms with Crippen LogP contribution < -0.4 is 20.5 Å². The van der Waals surface area contributed by atoms with E-state index in [1.165, 1.54) is 41.3 Å². The molecule has 0 spiro atoms. The van der Waals surface area contributed by atoms with Crippen molar-refractivity contribution in [3.05, 3.63) is 60.0 Å². The molecule has 0 saturated heterocycles. The number of sulfonamides is 1. The molecule has 0 atom stereocenters. The summed E-state index contributed by atoms with van der Waals surface area (Å²) < 4.78 is 42.4. The van der Waals surface area contributed by atoms with Crippen molar-refractivity contribution in [3.63, 3.8) is 0 Å². The second-order valence-corrected chi connectivity index (χ2v) is 8.83. The molecule has 1 amide bonds. The Morgan fingerprint density at radius 1 is 1.12 bits per heavy atom. The van der Waals surface area contributed by atoms with Gasteiger partial charge in [-0.2, -0.15) is 4.98 Å². The predicted molar refractivity (Wildman–Crippen MR) is 122 cm³/mol. The average Bonchev–Trinajstić information content (AvgIpc) is 2.75. The molecule has 0 aliphatic rings.